The molecule has 0 aliphatic carbocycles. The summed E-state index contributed by atoms with van der Waals surface area (Å²) in [5, 5.41) is 9.89. The number of ketones is 1. The van der Waals surface area contributed by atoms with E-state index in [1.54, 1.807) is 48.5 Å². The summed E-state index contributed by atoms with van der Waals surface area (Å²) in [6, 6.07) is 17.7. The van der Waals surface area contributed by atoms with E-state index in [0.717, 1.165) is 7.11 Å². The third-order valence-electron chi connectivity index (χ3n) is 2.63. The summed E-state index contributed by atoms with van der Waals surface area (Å²) >= 11 is 0. The first-order chi connectivity index (χ1) is 10.3. The molecule has 0 amide bonds. The first-order valence-electron chi connectivity index (χ1n) is 6.20. The van der Waals surface area contributed by atoms with Crippen LogP contribution in [0.25, 0.3) is 0 Å². The van der Waals surface area contributed by atoms with Crippen molar-refractivity contribution in [3.8, 4) is 0 Å². The van der Waals surface area contributed by atoms with Crippen LogP contribution < -0.4 is 0 Å². The van der Waals surface area contributed by atoms with Crippen LogP contribution in [0.4, 0.5) is 0 Å². The Morgan fingerprint density at radius 3 is 1.82 bits per heavy atom. The Morgan fingerprint density at radius 2 is 1.41 bits per heavy atom. The van der Waals surface area contributed by atoms with Gasteiger partial charge in [-0.3, -0.25) is 13.5 Å². The van der Waals surface area contributed by atoms with E-state index in [1.165, 1.54) is 0 Å². The molecule has 0 saturated carbocycles. The lowest BCUT2D eigenvalue weighted by Crippen LogP contribution is -2.11. The molecule has 1 unspecified atom stereocenters. The Kier molecular flexibility index (Phi) is 6.87. The van der Waals surface area contributed by atoms with Crippen molar-refractivity contribution in [1.29, 1.82) is 0 Å². The molecule has 0 aromatic heterocycles. The van der Waals surface area contributed by atoms with E-state index >= 15 is 0 Å². The summed E-state index contributed by atoms with van der Waals surface area (Å²) in [6.07, 6.45) is -1.08. The number of hydrogen-bond donors (Lipinski definition) is 2. The van der Waals surface area contributed by atoms with Gasteiger partial charge < -0.3 is 5.11 Å². The van der Waals surface area contributed by atoms with Crippen LogP contribution in [-0.4, -0.2) is 31.0 Å². The van der Waals surface area contributed by atoms with Gasteiger partial charge in [-0.25, -0.2) is 0 Å². The zero-order chi connectivity index (χ0) is 16.6. The van der Waals surface area contributed by atoms with Crippen LogP contribution in [0.2, 0.25) is 0 Å². The molecule has 2 aromatic carbocycles. The minimum Gasteiger partial charge on any atom is -0.380 e. The lowest BCUT2D eigenvalue weighted by Gasteiger charge is -2.09. The molecule has 0 spiro atoms. The highest BCUT2D eigenvalue weighted by molar-refractivity contribution is 7.80. The lowest BCUT2D eigenvalue weighted by molar-refractivity contribution is 0.0747. The standard InChI is InChI=1S/C14H12O2.CH4O4S/c15-13(11-7-3-1-4-8-11)14(16)12-9-5-2-6-10-12;1-5-6(2,3)4/h1-10,13,15H;1H3,(H,2,3,4). The van der Waals surface area contributed by atoms with Crippen molar-refractivity contribution < 1.29 is 27.1 Å². The van der Waals surface area contributed by atoms with Crippen molar-refractivity contribution in [2.24, 2.45) is 0 Å². The Balaban J connectivity index is 0.000000346. The minimum absolute atomic E-state index is 0.271. The molecule has 0 aliphatic rings. The minimum atomic E-state index is -4.16. The fraction of sp³-hybridized carbons (Fsp3) is 0.133. The van der Waals surface area contributed by atoms with Crippen molar-refractivity contribution in [2.45, 2.75) is 6.10 Å². The highest BCUT2D eigenvalue weighted by Crippen LogP contribution is 2.17. The molecule has 2 aromatic rings. The van der Waals surface area contributed by atoms with Gasteiger partial charge in [0.25, 0.3) is 0 Å². The number of aliphatic hydroxyl groups excluding tert-OH is 1. The molecule has 0 radical (unpaired) electrons. The molecule has 6 nitrogen and oxygen atoms in total. The SMILES string of the molecule is COS(=O)(=O)O.O=C(c1ccccc1)C(O)c1ccccc1. The zero-order valence-electron chi connectivity index (χ0n) is 11.8. The second-order valence-electron chi connectivity index (χ2n) is 4.14. The normalized spacial score (nSPS) is 12.0. The van der Waals surface area contributed by atoms with Crippen LogP contribution in [0.3, 0.4) is 0 Å². The molecule has 1 atom stereocenters. The third-order valence-corrected chi connectivity index (χ3v) is 3.05. The van der Waals surface area contributed by atoms with Gasteiger partial charge in [-0.15, -0.1) is 0 Å². The van der Waals surface area contributed by atoms with E-state index < -0.39 is 16.5 Å². The van der Waals surface area contributed by atoms with Gasteiger partial charge in [0.2, 0.25) is 0 Å². The van der Waals surface area contributed by atoms with E-state index in [0.29, 0.717) is 11.1 Å². The number of rotatable bonds is 4. The van der Waals surface area contributed by atoms with Crippen LogP contribution in [0.15, 0.2) is 60.7 Å². The fourth-order valence-electron chi connectivity index (χ4n) is 1.55. The van der Waals surface area contributed by atoms with Gasteiger partial charge in [0, 0.05) is 5.56 Å². The van der Waals surface area contributed by atoms with E-state index in [9.17, 15) is 18.3 Å². The summed E-state index contributed by atoms with van der Waals surface area (Å²) in [4.78, 5) is 11.9. The first kappa shape index (κ1) is 18.0. The quantitative estimate of drug-likeness (QED) is 0.659. The van der Waals surface area contributed by atoms with Crippen molar-refractivity contribution in [3.63, 3.8) is 0 Å². The third kappa shape index (κ3) is 6.15. The lowest BCUT2D eigenvalue weighted by atomic mass is 10.0. The van der Waals surface area contributed by atoms with Crippen LogP contribution in [0.1, 0.15) is 22.0 Å². The molecule has 22 heavy (non-hydrogen) atoms. The zero-order valence-corrected chi connectivity index (χ0v) is 12.6. The fourth-order valence-corrected chi connectivity index (χ4v) is 1.55. The van der Waals surface area contributed by atoms with Gasteiger partial charge in [0.1, 0.15) is 6.10 Å². The topological polar surface area (TPSA) is 101 Å². The van der Waals surface area contributed by atoms with E-state index in [4.69, 9.17) is 4.55 Å². The molecular formula is C15H16O6S. The molecule has 0 saturated heterocycles. The van der Waals surface area contributed by atoms with Gasteiger partial charge in [0.05, 0.1) is 7.11 Å². The number of aliphatic hydroxyl groups is 1. The van der Waals surface area contributed by atoms with Gasteiger partial charge in [-0.1, -0.05) is 60.7 Å². The van der Waals surface area contributed by atoms with Gasteiger partial charge in [-0.05, 0) is 5.56 Å². The Morgan fingerprint density at radius 1 is 1.00 bits per heavy atom. The van der Waals surface area contributed by atoms with Crippen molar-refractivity contribution >= 4 is 16.2 Å². The van der Waals surface area contributed by atoms with Crippen molar-refractivity contribution in [1.82, 2.24) is 0 Å². The van der Waals surface area contributed by atoms with Crippen LogP contribution in [0.5, 0.6) is 0 Å². The molecular weight excluding hydrogens is 308 g/mol. The predicted molar refractivity (Wildman–Crippen MR) is 80.7 cm³/mol. The van der Waals surface area contributed by atoms with Crippen LogP contribution >= 0.6 is 0 Å². The summed E-state index contributed by atoms with van der Waals surface area (Å²) < 4.78 is 29.7. The highest BCUT2D eigenvalue weighted by Gasteiger charge is 2.18. The summed E-state index contributed by atoms with van der Waals surface area (Å²) in [6.45, 7) is 0. The Labute approximate surface area is 128 Å². The van der Waals surface area contributed by atoms with E-state index in [1.807, 2.05) is 12.1 Å². The summed E-state index contributed by atoms with van der Waals surface area (Å²) in [5.74, 6) is -0.271. The number of benzene rings is 2. The maximum Gasteiger partial charge on any atom is 0.397 e. The molecule has 2 rings (SSSR count). The molecule has 0 bridgehead atoms. The largest absolute Gasteiger partial charge is 0.397 e. The monoisotopic (exact) mass is 324 g/mol. The number of hydrogen-bond acceptors (Lipinski definition) is 5. The average Bonchev–Trinajstić information content (AvgIpc) is 2.55. The highest BCUT2D eigenvalue weighted by atomic mass is 32.3. The summed E-state index contributed by atoms with van der Waals surface area (Å²) in [5.41, 5.74) is 1.15. The Hall–Kier alpha value is -2.06. The molecule has 2 N–H and O–H groups in total. The number of Topliss-reactive ketones (excluding diaryl/α,β-unsaturated/α-hetero) is 1. The molecule has 0 aliphatic heterocycles. The molecule has 7 heteroatoms. The first-order valence-corrected chi connectivity index (χ1v) is 7.57. The van der Waals surface area contributed by atoms with E-state index in [2.05, 4.69) is 4.18 Å². The second-order valence-corrected chi connectivity index (χ2v) is 5.33. The number of carbonyl (C=O) groups excluding carboxylic acids is 1. The second kappa shape index (κ2) is 8.40. The molecule has 0 heterocycles. The Bertz CT molecular complexity index is 682. The van der Waals surface area contributed by atoms with Gasteiger partial charge >= 0.3 is 10.4 Å². The van der Waals surface area contributed by atoms with Crippen molar-refractivity contribution in [3.05, 3.63) is 71.8 Å². The average molecular weight is 324 g/mol. The van der Waals surface area contributed by atoms with Crippen LogP contribution in [-0.2, 0) is 14.6 Å². The summed E-state index contributed by atoms with van der Waals surface area (Å²) in [7, 11) is -3.29. The van der Waals surface area contributed by atoms with Crippen LogP contribution in [0, 0.1) is 0 Å². The van der Waals surface area contributed by atoms with Gasteiger partial charge in [0.15, 0.2) is 5.78 Å². The maximum atomic E-state index is 11.9. The number of carbonyl (C=O) groups is 1. The molecule has 0 fully saturated rings. The maximum absolute atomic E-state index is 11.9. The smallest absolute Gasteiger partial charge is 0.380 e. The van der Waals surface area contributed by atoms with Crippen molar-refractivity contribution in [2.75, 3.05) is 7.11 Å². The van der Waals surface area contributed by atoms with Gasteiger partial charge in [-0.2, -0.15) is 8.42 Å². The predicted octanol–water partition coefficient (Wildman–Crippen LogP) is 2.04. The van der Waals surface area contributed by atoms with E-state index in [-0.39, 0.29) is 5.78 Å². The molecule has 118 valence electrons.